The van der Waals surface area contributed by atoms with E-state index in [1.54, 1.807) is 0 Å². The number of anilines is 1. The second kappa shape index (κ2) is 11.3. The third-order valence-corrected chi connectivity index (χ3v) is 6.61. The predicted octanol–water partition coefficient (Wildman–Crippen LogP) is 5.26. The average Bonchev–Trinajstić information content (AvgIpc) is 3.47. The van der Waals surface area contributed by atoms with Crippen LogP contribution in [0.25, 0.3) is 0 Å². The van der Waals surface area contributed by atoms with Crippen LogP contribution >= 0.6 is 0 Å². The summed E-state index contributed by atoms with van der Waals surface area (Å²) >= 11 is 0. The van der Waals surface area contributed by atoms with Gasteiger partial charge in [0, 0.05) is 19.5 Å². The number of benzene rings is 2. The Morgan fingerprint density at radius 1 is 1.02 bits per heavy atom. The number of aromatic carboxylic acids is 1. The Labute approximate surface area is 229 Å². The van der Waals surface area contributed by atoms with Crippen LogP contribution in [0.4, 0.5) is 32.2 Å². The fourth-order valence-electron chi connectivity index (χ4n) is 4.69. The Morgan fingerprint density at radius 2 is 1.68 bits per heavy atom. The summed E-state index contributed by atoms with van der Waals surface area (Å²) in [4.78, 5) is 36.5. The van der Waals surface area contributed by atoms with E-state index in [9.17, 15) is 40.7 Å². The van der Waals surface area contributed by atoms with Crippen LogP contribution in [0.15, 0.2) is 42.5 Å². The molecule has 1 aliphatic heterocycles. The second-order valence-electron chi connectivity index (χ2n) is 9.55. The molecule has 0 radical (unpaired) electrons. The lowest BCUT2D eigenvalue weighted by molar-refractivity contribution is -0.142. The van der Waals surface area contributed by atoms with Crippen LogP contribution < -0.4 is 10.2 Å². The number of alkyl halides is 6. The summed E-state index contributed by atoms with van der Waals surface area (Å²) in [6.45, 7) is 1.32. The lowest BCUT2D eigenvalue weighted by Crippen LogP contribution is -2.31. The summed E-state index contributed by atoms with van der Waals surface area (Å²) in [5.41, 5.74) is -2.35. The molecule has 1 aliphatic rings. The molecule has 1 aromatic heterocycles. The molecule has 2 N–H and O–H groups in total. The molecule has 2 aromatic carbocycles. The van der Waals surface area contributed by atoms with Crippen molar-refractivity contribution in [2.24, 2.45) is 0 Å². The highest BCUT2D eigenvalue weighted by Gasteiger charge is 2.44. The smallest absolute Gasteiger partial charge is 0.436 e. The molecule has 0 saturated heterocycles. The lowest BCUT2D eigenvalue weighted by atomic mass is 10.0. The van der Waals surface area contributed by atoms with Crippen molar-refractivity contribution < 1.29 is 45.8 Å². The van der Waals surface area contributed by atoms with Gasteiger partial charge in [-0.1, -0.05) is 18.2 Å². The van der Waals surface area contributed by atoms with Crippen molar-refractivity contribution >= 4 is 24.0 Å². The molecule has 1 atom stereocenters. The zero-order chi connectivity index (χ0) is 30.1. The van der Waals surface area contributed by atoms with E-state index in [1.165, 1.54) is 42.2 Å². The first-order valence-electron chi connectivity index (χ1n) is 12.4. The minimum absolute atomic E-state index is 0.00623. The van der Waals surface area contributed by atoms with Gasteiger partial charge in [0.05, 0.1) is 23.7 Å². The van der Waals surface area contributed by atoms with Crippen LogP contribution in [0.3, 0.4) is 0 Å². The van der Waals surface area contributed by atoms with E-state index in [2.05, 4.69) is 10.4 Å². The molecule has 218 valence electrons. The molecular formula is C27H24F6N4O4. The van der Waals surface area contributed by atoms with Gasteiger partial charge < -0.3 is 20.1 Å². The molecule has 3 aromatic rings. The van der Waals surface area contributed by atoms with E-state index in [0.29, 0.717) is 11.8 Å². The summed E-state index contributed by atoms with van der Waals surface area (Å²) in [5, 5.41) is 15.2. The maximum atomic E-state index is 14.0. The Balaban J connectivity index is 1.68. The number of rotatable bonds is 9. The Morgan fingerprint density at radius 3 is 2.27 bits per heavy atom. The molecular weight excluding hydrogens is 558 g/mol. The van der Waals surface area contributed by atoms with E-state index in [4.69, 9.17) is 5.11 Å². The molecule has 0 spiro atoms. The summed E-state index contributed by atoms with van der Waals surface area (Å²) in [6, 6.07) is 7.86. The Bertz CT molecular complexity index is 1460. The van der Waals surface area contributed by atoms with Crippen molar-refractivity contribution in [1.29, 1.82) is 0 Å². The predicted molar refractivity (Wildman–Crippen MR) is 133 cm³/mol. The van der Waals surface area contributed by atoms with E-state index in [1.807, 2.05) is 0 Å². The van der Waals surface area contributed by atoms with Crippen molar-refractivity contribution in [3.63, 3.8) is 0 Å². The Kier molecular flexibility index (Phi) is 8.13. The Hall–Kier alpha value is -4.36. The van der Waals surface area contributed by atoms with Gasteiger partial charge in [-0.25, -0.2) is 9.48 Å². The molecule has 14 heteroatoms. The molecule has 0 fully saturated rings. The number of aromatic nitrogens is 2. The van der Waals surface area contributed by atoms with Gasteiger partial charge in [0.1, 0.15) is 17.7 Å². The normalized spacial score (nSPS) is 14.1. The van der Waals surface area contributed by atoms with Gasteiger partial charge in [-0.15, -0.1) is 0 Å². The van der Waals surface area contributed by atoms with Crippen LogP contribution in [0.5, 0.6) is 0 Å². The third kappa shape index (κ3) is 6.52. The highest BCUT2D eigenvalue weighted by Crippen LogP contribution is 2.39. The molecule has 4 rings (SSSR count). The lowest BCUT2D eigenvalue weighted by Gasteiger charge is -2.22. The summed E-state index contributed by atoms with van der Waals surface area (Å²) in [5.74, 6) is -2.46. The van der Waals surface area contributed by atoms with Gasteiger partial charge in [0.2, 0.25) is 0 Å². The minimum Gasteiger partial charge on any atom is -0.478 e. The van der Waals surface area contributed by atoms with Crippen molar-refractivity contribution in [2.45, 2.75) is 51.2 Å². The van der Waals surface area contributed by atoms with E-state index < -0.39 is 47.1 Å². The van der Waals surface area contributed by atoms with E-state index in [-0.39, 0.29) is 55.0 Å². The van der Waals surface area contributed by atoms with Gasteiger partial charge >= 0.3 is 18.3 Å². The molecule has 8 nitrogen and oxygen atoms in total. The van der Waals surface area contributed by atoms with E-state index >= 15 is 0 Å². The largest absolute Gasteiger partial charge is 0.478 e. The quantitative estimate of drug-likeness (QED) is 0.264. The summed E-state index contributed by atoms with van der Waals surface area (Å²) in [7, 11) is 0. The number of nitrogens with zero attached hydrogens (tertiary/aromatic N) is 3. The van der Waals surface area contributed by atoms with Crippen molar-refractivity contribution in [1.82, 2.24) is 15.1 Å². The van der Waals surface area contributed by atoms with Gasteiger partial charge in [0.15, 0.2) is 5.69 Å². The summed E-state index contributed by atoms with van der Waals surface area (Å²) < 4.78 is 83.5. The molecule has 41 heavy (non-hydrogen) atoms. The summed E-state index contributed by atoms with van der Waals surface area (Å²) in [6.07, 6.45) is -9.07. The van der Waals surface area contributed by atoms with Gasteiger partial charge in [0.25, 0.3) is 5.91 Å². The standard InChI is InChI=1S/C27H24F6N4O4/c1-15(18-4-6-19(7-5-18)25(40)41)34-23(39)21-22(27(31,32)33)35-37-9-8-36(24(21)37)14-17-11-16(3-2-10-38)12-20(13-17)26(28,29)30/h4-7,10-13,15H,2-3,8-9,14H2,1H3,(H,34,39)(H,40,41)/t15-/m0/s1. The number of hydrogen-bond donors (Lipinski definition) is 2. The van der Waals surface area contributed by atoms with Crippen LogP contribution in [0, 0.1) is 0 Å². The fraction of sp³-hybridized carbons (Fsp3) is 0.333. The number of amides is 1. The SMILES string of the molecule is C[C@H](NC(=O)c1c(C(F)(F)F)nn2c1N(Cc1cc(CCC=O)cc(C(F)(F)F)c1)CC2)c1ccc(C(=O)O)cc1. The monoisotopic (exact) mass is 582 g/mol. The maximum Gasteiger partial charge on any atom is 0.436 e. The zero-order valence-electron chi connectivity index (χ0n) is 21.5. The number of carboxylic acid groups (broad SMARTS) is 1. The number of carbonyl (C=O) groups excluding carboxylic acids is 2. The average molecular weight is 583 g/mol. The zero-order valence-corrected chi connectivity index (χ0v) is 21.5. The number of aryl methyl sites for hydroxylation is 1. The maximum absolute atomic E-state index is 14.0. The molecule has 0 aliphatic carbocycles. The van der Waals surface area contributed by atoms with Gasteiger partial charge in [-0.05, 0) is 54.3 Å². The number of nitrogens with one attached hydrogen (secondary N) is 1. The number of carbonyl (C=O) groups is 3. The molecule has 0 bridgehead atoms. The number of fused-ring (bicyclic) bond motifs is 1. The van der Waals surface area contributed by atoms with E-state index in [0.717, 1.165) is 16.8 Å². The number of carboxylic acids is 1. The fourth-order valence-corrected chi connectivity index (χ4v) is 4.69. The number of hydrogen-bond acceptors (Lipinski definition) is 5. The van der Waals surface area contributed by atoms with Crippen molar-refractivity contribution in [3.8, 4) is 0 Å². The van der Waals surface area contributed by atoms with Crippen LogP contribution in [-0.2, 0) is 36.7 Å². The first-order valence-corrected chi connectivity index (χ1v) is 12.4. The molecule has 0 saturated carbocycles. The van der Waals surface area contributed by atoms with Gasteiger partial charge in [-0.2, -0.15) is 31.4 Å². The molecule has 2 heterocycles. The van der Waals surface area contributed by atoms with Crippen LogP contribution in [-0.4, -0.2) is 39.6 Å². The number of aldehydes is 1. The third-order valence-electron chi connectivity index (χ3n) is 6.61. The highest BCUT2D eigenvalue weighted by molar-refractivity contribution is 6.01. The molecule has 0 unspecified atom stereocenters. The van der Waals surface area contributed by atoms with Gasteiger partial charge in [-0.3, -0.25) is 4.79 Å². The topological polar surface area (TPSA) is 105 Å². The van der Waals surface area contributed by atoms with Crippen molar-refractivity contribution in [2.75, 3.05) is 11.4 Å². The van der Waals surface area contributed by atoms with Crippen LogP contribution in [0.2, 0.25) is 0 Å². The first-order chi connectivity index (χ1) is 19.2. The van der Waals surface area contributed by atoms with Crippen molar-refractivity contribution in [3.05, 3.63) is 81.5 Å². The molecule has 1 amide bonds. The second-order valence-corrected chi connectivity index (χ2v) is 9.55. The first kappa shape index (κ1) is 29.6. The number of halogens is 6. The minimum atomic E-state index is -5.00. The highest BCUT2D eigenvalue weighted by atomic mass is 19.4. The van der Waals surface area contributed by atoms with Crippen LogP contribution in [0.1, 0.15) is 68.1 Å².